The van der Waals surface area contributed by atoms with E-state index in [9.17, 15) is 0 Å². The molecule has 2 heterocycles. The van der Waals surface area contributed by atoms with Crippen LogP contribution in [0.1, 0.15) is 23.9 Å². The van der Waals surface area contributed by atoms with Crippen LogP contribution in [-0.4, -0.2) is 26.3 Å². The van der Waals surface area contributed by atoms with Crippen LogP contribution < -0.4 is 0 Å². The molecular formula is C18H18N4O. The average molecular weight is 306 g/mol. The number of ether oxygens (including phenoxy) is 1. The SMILES string of the molecule is C[C@H]1Cn2nnnc2[C@](Cc2ccccc2)(c2ccccc2)O1. The third kappa shape index (κ3) is 2.43. The zero-order valence-corrected chi connectivity index (χ0v) is 13.0. The quantitative estimate of drug-likeness (QED) is 0.746. The molecule has 0 bridgehead atoms. The highest BCUT2D eigenvalue weighted by molar-refractivity contribution is 5.34. The highest BCUT2D eigenvalue weighted by atomic mass is 16.5. The Morgan fingerprint density at radius 2 is 1.78 bits per heavy atom. The van der Waals surface area contributed by atoms with E-state index in [0.29, 0.717) is 13.0 Å². The zero-order chi connectivity index (χ0) is 15.7. The van der Waals surface area contributed by atoms with E-state index in [-0.39, 0.29) is 6.10 Å². The van der Waals surface area contributed by atoms with E-state index in [1.54, 1.807) is 0 Å². The van der Waals surface area contributed by atoms with Gasteiger partial charge in [-0.2, -0.15) is 0 Å². The lowest BCUT2D eigenvalue weighted by Crippen LogP contribution is -2.45. The van der Waals surface area contributed by atoms with Crippen LogP contribution in [0.5, 0.6) is 0 Å². The molecule has 0 spiro atoms. The van der Waals surface area contributed by atoms with E-state index in [0.717, 1.165) is 11.4 Å². The van der Waals surface area contributed by atoms with Gasteiger partial charge in [0, 0.05) is 6.42 Å². The number of benzene rings is 2. The summed E-state index contributed by atoms with van der Waals surface area (Å²) in [5, 5.41) is 12.3. The van der Waals surface area contributed by atoms with Gasteiger partial charge in [0.1, 0.15) is 0 Å². The molecule has 116 valence electrons. The largest absolute Gasteiger partial charge is 0.357 e. The Morgan fingerprint density at radius 3 is 2.52 bits per heavy atom. The van der Waals surface area contributed by atoms with E-state index in [4.69, 9.17) is 4.74 Å². The van der Waals surface area contributed by atoms with Gasteiger partial charge in [-0.3, -0.25) is 0 Å². The third-order valence-corrected chi connectivity index (χ3v) is 4.26. The van der Waals surface area contributed by atoms with Gasteiger partial charge in [0.15, 0.2) is 11.4 Å². The number of hydrogen-bond acceptors (Lipinski definition) is 4. The lowest BCUT2D eigenvalue weighted by molar-refractivity contribution is -0.101. The molecule has 4 rings (SSSR count). The molecule has 2 atom stereocenters. The van der Waals surface area contributed by atoms with Crippen molar-refractivity contribution in [3.63, 3.8) is 0 Å². The Labute approximate surface area is 134 Å². The molecule has 1 aliphatic heterocycles. The summed E-state index contributed by atoms with van der Waals surface area (Å²) < 4.78 is 8.35. The van der Waals surface area contributed by atoms with Gasteiger partial charge in [0.2, 0.25) is 0 Å². The van der Waals surface area contributed by atoms with Crippen molar-refractivity contribution in [3.8, 4) is 0 Å². The van der Waals surface area contributed by atoms with E-state index in [1.165, 1.54) is 5.56 Å². The van der Waals surface area contributed by atoms with Gasteiger partial charge in [-0.15, -0.1) is 5.10 Å². The number of aromatic nitrogens is 4. The summed E-state index contributed by atoms with van der Waals surface area (Å²) in [5.41, 5.74) is 1.61. The molecule has 1 aromatic heterocycles. The number of fused-ring (bicyclic) bond motifs is 1. The molecule has 2 aromatic carbocycles. The summed E-state index contributed by atoms with van der Waals surface area (Å²) in [7, 11) is 0. The zero-order valence-electron chi connectivity index (χ0n) is 13.0. The van der Waals surface area contributed by atoms with Crippen LogP contribution in [0.25, 0.3) is 0 Å². The summed E-state index contributed by atoms with van der Waals surface area (Å²) in [4.78, 5) is 0. The van der Waals surface area contributed by atoms with Gasteiger partial charge in [-0.25, -0.2) is 4.68 Å². The second-order valence-electron chi connectivity index (χ2n) is 5.97. The lowest BCUT2D eigenvalue weighted by atomic mass is 9.85. The predicted molar refractivity (Wildman–Crippen MR) is 85.7 cm³/mol. The van der Waals surface area contributed by atoms with Crippen LogP contribution in [0.3, 0.4) is 0 Å². The van der Waals surface area contributed by atoms with E-state index < -0.39 is 5.60 Å². The smallest absolute Gasteiger partial charge is 0.188 e. The van der Waals surface area contributed by atoms with Crippen molar-refractivity contribution < 1.29 is 4.74 Å². The minimum Gasteiger partial charge on any atom is -0.357 e. The first-order chi connectivity index (χ1) is 11.3. The maximum absolute atomic E-state index is 6.49. The monoisotopic (exact) mass is 306 g/mol. The summed E-state index contributed by atoms with van der Waals surface area (Å²) in [6.07, 6.45) is 0.734. The molecule has 0 amide bonds. The van der Waals surface area contributed by atoms with Gasteiger partial charge >= 0.3 is 0 Å². The van der Waals surface area contributed by atoms with Gasteiger partial charge < -0.3 is 4.74 Å². The van der Waals surface area contributed by atoms with Crippen molar-refractivity contribution >= 4 is 0 Å². The Hall–Kier alpha value is -2.53. The Kier molecular flexibility index (Phi) is 3.42. The number of tetrazole rings is 1. The fraction of sp³-hybridized carbons (Fsp3) is 0.278. The van der Waals surface area contributed by atoms with Gasteiger partial charge in [-0.05, 0) is 28.5 Å². The fourth-order valence-corrected chi connectivity index (χ4v) is 3.30. The highest BCUT2D eigenvalue weighted by Gasteiger charge is 2.45. The van der Waals surface area contributed by atoms with Gasteiger partial charge in [0.05, 0.1) is 12.6 Å². The van der Waals surface area contributed by atoms with E-state index >= 15 is 0 Å². The van der Waals surface area contributed by atoms with Crippen molar-refractivity contribution in [2.24, 2.45) is 0 Å². The standard InChI is InChI=1S/C18H18N4O/c1-14-13-22-17(19-20-21-22)18(23-14,16-10-6-3-7-11-16)12-15-8-4-2-5-9-15/h2-11,14H,12-13H2,1H3/t14-,18-/m0/s1. The van der Waals surface area contributed by atoms with Crippen LogP contribution in [-0.2, 0) is 23.3 Å². The average Bonchev–Trinajstić information content (AvgIpc) is 3.05. The van der Waals surface area contributed by atoms with Crippen molar-refractivity contribution in [2.75, 3.05) is 0 Å². The third-order valence-electron chi connectivity index (χ3n) is 4.26. The Bertz CT molecular complexity index is 787. The first-order valence-electron chi connectivity index (χ1n) is 7.82. The maximum atomic E-state index is 6.49. The maximum Gasteiger partial charge on any atom is 0.188 e. The molecule has 5 heteroatoms. The van der Waals surface area contributed by atoms with Gasteiger partial charge in [-0.1, -0.05) is 60.7 Å². The Morgan fingerprint density at radius 1 is 1.09 bits per heavy atom. The summed E-state index contributed by atoms with van der Waals surface area (Å²) >= 11 is 0. The molecule has 0 aliphatic carbocycles. The normalized spacial score (nSPS) is 23.4. The summed E-state index contributed by atoms with van der Waals surface area (Å²) in [6, 6.07) is 20.6. The van der Waals surface area contributed by atoms with Gasteiger partial charge in [0.25, 0.3) is 0 Å². The summed E-state index contributed by atoms with van der Waals surface area (Å²) in [5.74, 6) is 0.769. The fourth-order valence-electron chi connectivity index (χ4n) is 3.30. The van der Waals surface area contributed by atoms with Crippen LogP contribution >= 0.6 is 0 Å². The number of rotatable bonds is 3. The van der Waals surface area contributed by atoms with Crippen molar-refractivity contribution in [1.29, 1.82) is 0 Å². The van der Waals surface area contributed by atoms with Crippen molar-refractivity contribution in [3.05, 3.63) is 77.6 Å². The molecule has 0 fully saturated rings. The highest BCUT2D eigenvalue weighted by Crippen LogP contribution is 2.39. The minimum atomic E-state index is -0.663. The molecule has 23 heavy (non-hydrogen) atoms. The van der Waals surface area contributed by atoms with Crippen molar-refractivity contribution in [2.45, 2.75) is 31.6 Å². The molecule has 0 radical (unpaired) electrons. The minimum absolute atomic E-state index is 0.0370. The second kappa shape index (κ2) is 5.59. The molecule has 5 nitrogen and oxygen atoms in total. The molecule has 1 aliphatic rings. The van der Waals surface area contributed by atoms with Crippen molar-refractivity contribution in [1.82, 2.24) is 20.2 Å². The van der Waals surface area contributed by atoms with Crippen LogP contribution in [0, 0.1) is 0 Å². The second-order valence-corrected chi connectivity index (χ2v) is 5.97. The number of nitrogens with zero attached hydrogens (tertiary/aromatic N) is 4. The van der Waals surface area contributed by atoms with Crippen LogP contribution in [0.15, 0.2) is 60.7 Å². The lowest BCUT2D eigenvalue weighted by Gasteiger charge is -2.39. The number of hydrogen-bond donors (Lipinski definition) is 0. The Balaban J connectivity index is 1.89. The summed E-state index contributed by atoms with van der Waals surface area (Å²) in [6.45, 7) is 2.74. The topological polar surface area (TPSA) is 52.8 Å². The van der Waals surface area contributed by atoms with E-state index in [2.05, 4.69) is 46.7 Å². The van der Waals surface area contributed by atoms with Crippen LogP contribution in [0.2, 0.25) is 0 Å². The first-order valence-corrected chi connectivity index (χ1v) is 7.82. The molecule has 3 aromatic rings. The molecule has 0 saturated carbocycles. The molecule has 0 unspecified atom stereocenters. The van der Waals surface area contributed by atoms with Crippen LogP contribution in [0.4, 0.5) is 0 Å². The molecule has 0 N–H and O–H groups in total. The molecule has 0 saturated heterocycles. The predicted octanol–water partition coefficient (Wildman–Crippen LogP) is 2.58. The molecular weight excluding hydrogens is 288 g/mol. The first kappa shape index (κ1) is 14.1. The van der Waals surface area contributed by atoms with E-state index in [1.807, 2.05) is 41.1 Å².